The third kappa shape index (κ3) is 2.80. The van der Waals surface area contributed by atoms with Crippen LogP contribution in [0.1, 0.15) is 13.8 Å². The molecule has 1 atom stereocenters. The zero-order valence-electron chi connectivity index (χ0n) is 5.77. The molecule has 0 aromatic rings. The van der Waals surface area contributed by atoms with Crippen LogP contribution in [0.15, 0.2) is 12.2 Å². The van der Waals surface area contributed by atoms with Gasteiger partial charge in [-0.1, -0.05) is 12.2 Å². The third-order valence-electron chi connectivity index (χ3n) is 0.986. The molecule has 0 spiro atoms. The fourth-order valence-electron chi connectivity index (χ4n) is 0.421. The standard InChI is InChI=1S/C7H13O/c1-5-6-7(2,3)8-4/h5-6H,2H2,1,3-4H3. The van der Waals surface area contributed by atoms with Gasteiger partial charge < -0.3 is 4.74 Å². The maximum absolute atomic E-state index is 4.98. The van der Waals surface area contributed by atoms with Gasteiger partial charge >= 0.3 is 0 Å². The molecule has 0 saturated heterocycles. The highest BCUT2D eigenvalue weighted by Crippen LogP contribution is 2.06. The first-order valence-electron chi connectivity index (χ1n) is 2.67. The molecule has 0 bridgehead atoms. The fraction of sp³-hybridized carbons (Fsp3) is 0.571. The summed E-state index contributed by atoms with van der Waals surface area (Å²) in [5, 5.41) is 0. The minimum absolute atomic E-state index is 0.339. The van der Waals surface area contributed by atoms with Crippen LogP contribution in [0.3, 0.4) is 0 Å². The smallest absolute Gasteiger partial charge is 0.0831 e. The second-order valence-electron chi connectivity index (χ2n) is 2.02. The topological polar surface area (TPSA) is 9.23 Å². The number of hydrogen-bond acceptors (Lipinski definition) is 1. The van der Waals surface area contributed by atoms with Crippen LogP contribution in [-0.2, 0) is 4.74 Å². The Morgan fingerprint density at radius 2 is 2.12 bits per heavy atom. The molecule has 0 aliphatic heterocycles. The maximum atomic E-state index is 4.98. The molecule has 1 nitrogen and oxygen atoms in total. The molecule has 1 unspecified atom stereocenters. The molecule has 0 amide bonds. The van der Waals surface area contributed by atoms with E-state index in [1.165, 1.54) is 0 Å². The number of allylic oxidation sites excluding steroid dienone is 1. The van der Waals surface area contributed by atoms with Crippen molar-refractivity contribution < 1.29 is 4.74 Å². The first-order chi connectivity index (χ1) is 3.62. The zero-order chi connectivity index (χ0) is 6.62. The Labute approximate surface area is 51.4 Å². The third-order valence-corrected chi connectivity index (χ3v) is 0.986. The highest BCUT2D eigenvalue weighted by molar-refractivity contribution is 4.99. The Morgan fingerprint density at radius 3 is 2.25 bits per heavy atom. The molecule has 0 aromatic heterocycles. The summed E-state index contributed by atoms with van der Waals surface area (Å²) in [7, 11) is 1.65. The summed E-state index contributed by atoms with van der Waals surface area (Å²) >= 11 is 0. The van der Waals surface area contributed by atoms with Crippen molar-refractivity contribution in [2.45, 2.75) is 19.4 Å². The van der Waals surface area contributed by atoms with Crippen molar-refractivity contribution in [2.24, 2.45) is 0 Å². The minimum Gasteiger partial charge on any atom is -0.374 e. The van der Waals surface area contributed by atoms with Gasteiger partial charge in [-0.25, -0.2) is 0 Å². The Hall–Kier alpha value is -0.300. The van der Waals surface area contributed by atoms with Gasteiger partial charge in [0, 0.05) is 7.11 Å². The number of rotatable bonds is 2. The van der Waals surface area contributed by atoms with E-state index in [4.69, 9.17) is 4.74 Å². The van der Waals surface area contributed by atoms with Crippen LogP contribution in [-0.4, -0.2) is 12.7 Å². The van der Waals surface area contributed by atoms with Crippen LogP contribution in [0.4, 0.5) is 0 Å². The van der Waals surface area contributed by atoms with Crippen molar-refractivity contribution in [1.29, 1.82) is 0 Å². The Morgan fingerprint density at radius 1 is 1.62 bits per heavy atom. The van der Waals surface area contributed by atoms with Crippen molar-refractivity contribution in [3.05, 3.63) is 19.1 Å². The highest BCUT2D eigenvalue weighted by atomic mass is 16.5. The predicted octanol–water partition coefficient (Wildman–Crippen LogP) is 1.80. The van der Waals surface area contributed by atoms with Gasteiger partial charge in [0.25, 0.3) is 0 Å². The van der Waals surface area contributed by atoms with Crippen LogP contribution in [0.5, 0.6) is 0 Å². The van der Waals surface area contributed by atoms with E-state index in [1.54, 1.807) is 7.11 Å². The molecule has 0 aromatic carbocycles. The molecule has 0 saturated carbocycles. The SMILES string of the molecule is [CH2]C(C)(C=CC)OC. The normalized spacial score (nSPS) is 13.0. The van der Waals surface area contributed by atoms with Crippen molar-refractivity contribution >= 4 is 0 Å². The number of methoxy groups -OCH3 is 1. The maximum Gasteiger partial charge on any atom is 0.0831 e. The summed E-state index contributed by atoms with van der Waals surface area (Å²) in [6.07, 6.45) is 3.84. The van der Waals surface area contributed by atoms with E-state index >= 15 is 0 Å². The van der Waals surface area contributed by atoms with Gasteiger partial charge in [-0.2, -0.15) is 0 Å². The average molecular weight is 113 g/mol. The van der Waals surface area contributed by atoms with Gasteiger partial charge in [-0.15, -0.1) is 0 Å². The molecule has 0 rings (SSSR count). The fourth-order valence-corrected chi connectivity index (χ4v) is 0.421. The van der Waals surface area contributed by atoms with Gasteiger partial charge in [0.05, 0.1) is 5.60 Å². The molecule has 8 heavy (non-hydrogen) atoms. The van der Waals surface area contributed by atoms with E-state index in [2.05, 4.69) is 6.92 Å². The van der Waals surface area contributed by atoms with Gasteiger partial charge in [0.15, 0.2) is 0 Å². The van der Waals surface area contributed by atoms with Crippen LogP contribution >= 0.6 is 0 Å². The van der Waals surface area contributed by atoms with Crippen molar-refractivity contribution in [2.75, 3.05) is 7.11 Å². The van der Waals surface area contributed by atoms with Crippen molar-refractivity contribution in [1.82, 2.24) is 0 Å². The van der Waals surface area contributed by atoms with Gasteiger partial charge in [-0.3, -0.25) is 0 Å². The molecular weight excluding hydrogens is 100 g/mol. The summed E-state index contributed by atoms with van der Waals surface area (Å²) in [6, 6.07) is 0. The molecule has 0 aliphatic rings. The molecule has 0 heterocycles. The molecule has 47 valence electrons. The van der Waals surface area contributed by atoms with Crippen molar-refractivity contribution in [3.8, 4) is 0 Å². The highest BCUT2D eigenvalue weighted by Gasteiger charge is 2.09. The van der Waals surface area contributed by atoms with Crippen LogP contribution in [0.2, 0.25) is 0 Å². The molecule has 1 heteroatoms. The van der Waals surface area contributed by atoms with Gasteiger partial charge in [0.2, 0.25) is 0 Å². The van der Waals surface area contributed by atoms with Crippen LogP contribution < -0.4 is 0 Å². The summed E-state index contributed by atoms with van der Waals surface area (Å²) in [6.45, 7) is 7.63. The molecule has 0 aliphatic carbocycles. The summed E-state index contributed by atoms with van der Waals surface area (Å²) < 4.78 is 4.98. The summed E-state index contributed by atoms with van der Waals surface area (Å²) in [5.41, 5.74) is -0.339. The lowest BCUT2D eigenvalue weighted by Crippen LogP contribution is -2.18. The monoisotopic (exact) mass is 113 g/mol. The lowest BCUT2D eigenvalue weighted by Gasteiger charge is -2.16. The first kappa shape index (κ1) is 7.70. The molecule has 0 N–H and O–H groups in total. The van der Waals surface area contributed by atoms with Crippen molar-refractivity contribution in [3.63, 3.8) is 0 Å². The molecule has 1 radical (unpaired) electrons. The second kappa shape index (κ2) is 2.88. The van der Waals surface area contributed by atoms with E-state index in [-0.39, 0.29) is 5.60 Å². The Balaban J connectivity index is 3.71. The quantitative estimate of drug-likeness (QED) is 0.496. The van der Waals surface area contributed by atoms with Gasteiger partial charge in [-0.05, 0) is 20.8 Å². The average Bonchev–Trinajstić information content (AvgIpc) is 1.67. The number of hydrogen-bond donors (Lipinski definition) is 0. The zero-order valence-corrected chi connectivity index (χ0v) is 5.77. The van der Waals surface area contributed by atoms with E-state index in [1.807, 2.05) is 26.0 Å². The van der Waals surface area contributed by atoms with Crippen LogP contribution in [0.25, 0.3) is 0 Å². The summed E-state index contributed by atoms with van der Waals surface area (Å²) in [4.78, 5) is 0. The van der Waals surface area contributed by atoms with E-state index in [0.29, 0.717) is 0 Å². The summed E-state index contributed by atoms with van der Waals surface area (Å²) in [5.74, 6) is 0. The molecular formula is C7H13O. The second-order valence-corrected chi connectivity index (χ2v) is 2.02. The number of ether oxygens (including phenoxy) is 1. The van der Waals surface area contributed by atoms with E-state index in [9.17, 15) is 0 Å². The van der Waals surface area contributed by atoms with Crippen LogP contribution in [0, 0.1) is 6.92 Å². The molecule has 0 fully saturated rings. The first-order valence-corrected chi connectivity index (χ1v) is 2.67. The van der Waals surface area contributed by atoms with Gasteiger partial charge in [0.1, 0.15) is 0 Å². The minimum atomic E-state index is -0.339. The lowest BCUT2D eigenvalue weighted by atomic mass is 10.1. The van der Waals surface area contributed by atoms with E-state index in [0.717, 1.165) is 0 Å². The Kier molecular flexibility index (Phi) is 2.77. The van der Waals surface area contributed by atoms with E-state index < -0.39 is 0 Å². The Bertz CT molecular complexity index is 82.4. The predicted molar refractivity (Wildman–Crippen MR) is 35.6 cm³/mol. The lowest BCUT2D eigenvalue weighted by molar-refractivity contribution is 0.0882. The largest absolute Gasteiger partial charge is 0.374 e.